The fraction of sp³-hybridized carbons (Fsp3) is 0.600. The van der Waals surface area contributed by atoms with Crippen molar-refractivity contribution in [1.82, 2.24) is 15.8 Å². The van der Waals surface area contributed by atoms with Crippen molar-refractivity contribution < 1.29 is 9.63 Å². The maximum atomic E-state index is 11.2. The lowest BCUT2D eigenvalue weighted by Gasteiger charge is -2.11. The van der Waals surface area contributed by atoms with E-state index in [1.54, 1.807) is 11.3 Å². The van der Waals surface area contributed by atoms with Crippen LogP contribution in [0, 0.1) is 0 Å². The van der Waals surface area contributed by atoms with Crippen LogP contribution in [0.3, 0.4) is 0 Å². The predicted octanol–water partition coefficient (Wildman–Crippen LogP) is 1.94. The van der Waals surface area contributed by atoms with E-state index in [9.17, 15) is 4.79 Å². The van der Waals surface area contributed by atoms with Crippen molar-refractivity contribution in [2.45, 2.75) is 31.7 Å². The summed E-state index contributed by atoms with van der Waals surface area (Å²) in [7, 11) is 1.40. The van der Waals surface area contributed by atoms with Gasteiger partial charge in [-0.15, -0.1) is 11.3 Å². The molecule has 0 spiro atoms. The molecule has 88 valence electrons. The second kappa shape index (κ2) is 4.80. The molecule has 0 saturated heterocycles. The van der Waals surface area contributed by atoms with Gasteiger partial charge in [-0.2, -0.15) is 0 Å². The summed E-state index contributed by atoms with van der Waals surface area (Å²) in [5.74, 6) is 0.666. The highest BCUT2D eigenvalue weighted by Crippen LogP contribution is 2.41. The third-order valence-corrected chi connectivity index (χ3v) is 3.48. The highest BCUT2D eigenvalue weighted by molar-refractivity contribution is 7.09. The lowest BCUT2D eigenvalue weighted by Crippen LogP contribution is -2.36. The van der Waals surface area contributed by atoms with Gasteiger partial charge in [0.05, 0.1) is 23.9 Å². The Labute approximate surface area is 98.2 Å². The van der Waals surface area contributed by atoms with Crippen LogP contribution in [0.1, 0.15) is 42.4 Å². The van der Waals surface area contributed by atoms with Crippen LogP contribution in [0.5, 0.6) is 0 Å². The number of amides is 2. The van der Waals surface area contributed by atoms with Crippen molar-refractivity contribution in [2.75, 3.05) is 7.11 Å². The van der Waals surface area contributed by atoms with Crippen molar-refractivity contribution in [1.29, 1.82) is 0 Å². The number of rotatable bonds is 4. The third-order valence-electron chi connectivity index (χ3n) is 2.45. The van der Waals surface area contributed by atoms with Gasteiger partial charge in [0, 0.05) is 11.3 Å². The zero-order chi connectivity index (χ0) is 11.5. The Morgan fingerprint density at radius 1 is 1.69 bits per heavy atom. The molecule has 1 atom stereocenters. The van der Waals surface area contributed by atoms with E-state index < -0.39 is 0 Å². The molecule has 1 saturated carbocycles. The molecule has 5 nitrogen and oxygen atoms in total. The number of carbonyl (C=O) groups is 1. The maximum Gasteiger partial charge on any atom is 0.339 e. The molecule has 2 N–H and O–H groups in total. The zero-order valence-corrected chi connectivity index (χ0v) is 10.1. The minimum atomic E-state index is -0.351. The maximum absolute atomic E-state index is 11.2. The summed E-state index contributed by atoms with van der Waals surface area (Å²) in [6.45, 7) is 1.90. The summed E-state index contributed by atoms with van der Waals surface area (Å²) >= 11 is 1.67. The number of carbonyl (C=O) groups excluding carboxylic acids is 1. The van der Waals surface area contributed by atoms with Crippen LogP contribution in [0.2, 0.25) is 0 Å². The van der Waals surface area contributed by atoms with Crippen molar-refractivity contribution in [3.05, 3.63) is 16.1 Å². The first-order chi connectivity index (χ1) is 7.70. The van der Waals surface area contributed by atoms with Gasteiger partial charge in [0.1, 0.15) is 0 Å². The first-order valence-electron chi connectivity index (χ1n) is 5.25. The van der Waals surface area contributed by atoms with Gasteiger partial charge in [-0.05, 0) is 19.8 Å². The largest absolute Gasteiger partial charge is 0.339 e. The van der Waals surface area contributed by atoms with E-state index in [2.05, 4.69) is 20.6 Å². The predicted molar refractivity (Wildman–Crippen MR) is 61.2 cm³/mol. The van der Waals surface area contributed by atoms with Crippen LogP contribution < -0.4 is 10.8 Å². The minimum Gasteiger partial charge on any atom is -0.328 e. The first kappa shape index (κ1) is 11.3. The molecule has 2 amide bonds. The van der Waals surface area contributed by atoms with E-state index in [-0.39, 0.29) is 12.1 Å². The van der Waals surface area contributed by atoms with Crippen LogP contribution in [0.25, 0.3) is 0 Å². The van der Waals surface area contributed by atoms with Crippen LogP contribution in [0.15, 0.2) is 5.38 Å². The summed E-state index contributed by atoms with van der Waals surface area (Å²) < 4.78 is 0. The van der Waals surface area contributed by atoms with Gasteiger partial charge in [0.25, 0.3) is 0 Å². The molecule has 1 aromatic heterocycles. The third kappa shape index (κ3) is 2.70. The van der Waals surface area contributed by atoms with Crippen molar-refractivity contribution in [2.24, 2.45) is 0 Å². The Kier molecular flexibility index (Phi) is 3.40. The molecule has 0 radical (unpaired) electrons. The Morgan fingerprint density at radius 2 is 2.44 bits per heavy atom. The SMILES string of the molecule is CONC(=O)N[C@@H](C)c1csc(C2CC2)n1. The van der Waals surface area contributed by atoms with E-state index in [0.717, 1.165) is 5.69 Å². The lowest BCUT2D eigenvalue weighted by atomic mass is 10.2. The number of aromatic nitrogens is 1. The fourth-order valence-corrected chi connectivity index (χ4v) is 2.49. The Balaban J connectivity index is 1.91. The molecule has 6 heteroatoms. The van der Waals surface area contributed by atoms with E-state index >= 15 is 0 Å². The fourth-order valence-electron chi connectivity index (χ4n) is 1.41. The van der Waals surface area contributed by atoms with Crippen LogP contribution in [-0.4, -0.2) is 18.1 Å². The van der Waals surface area contributed by atoms with Gasteiger partial charge in [-0.25, -0.2) is 15.3 Å². The first-order valence-corrected chi connectivity index (χ1v) is 6.13. The van der Waals surface area contributed by atoms with E-state index in [1.165, 1.54) is 25.0 Å². The van der Waals surface area contributed by atoms with Gasteiger partial charge in [0.2, 0.25) is 0 Å². The molecule has 0 unspecified atom stereocenters. The normalized spacial score (nSPS) is 16.9. The molecule has 1 aliphatic carbocycles. The highest BCUT2D eigenvalue weighted by atomic mass is 32.1. The smallest absolute Gasteiger partial charge is 0.328 e. The molecule has 2 rings (SSSR count). The molecule has 1 aromatic rings. The van der Waals surface area contributed by atoms with Gasteiger partial charge in [-0.1, -0.05) is 0 Å². The second-order valence-electron chi connectivity index (χ2n) is 3.89. The van der Waals surface area contributed by atoms with Gasteiger partial charge < -0.3 is 5.32 Å². The molecule has 1 aliphatic rings. The average molecular weight is 241 g/mol. The van der Waals surface area contributed by atoms with Crippen LogP contribution in [-0.2, 0) is 4.84 Å². The van der Waals surface area contributed by atoms with Crippen LogP contribution >= 0.6 is 11.3 Å². The average Bonchev–Trinajstić information content (AvgIpc) is 2.96. The Hall–Kier alpha value is -1.14. The number of nitrogens with zero attached hydrogens (tertiary/aromatic N) is 1. The Morgan fingerprint density at radius 3 is 3.06 bits per heavy atom. The molecular weight excluding hydrogens is 226 g/mol. The molecule has 0 aromatic carbocycles. The number of urea groups is 1. The summed E-state index contributed by atoms with van der Waals surface area (Å²) in [6.07, 6.45) is 2.50. The number of hydrogen-bond donors (Lipinski definition) is 2. The summed E-state index contributed by atoms with van der Waals surface area (Å²) in [6, 6.07) is -0.449. The second-order valence-corrected chi connectivity index (χ2v) is 4.78. The van der Waals surface area contributed by atoms with Gasteiger partial charge >= 0.3 is 6.03 Å². The highest BCUT2D eigenvalue weighted by Gasteiger charge is 2.27. The summed E-state index contributed by atoms with van der Waals surface area (Å²) in [5, 5.41) is 5.93. The molecule has 0 bridgehead atoms. The molecule has 16 heavy (non-hydrogen) atoms. The Bertz CT molecular complexity index is 376. The number of nitrogens with one attached hydrogen (secondary N) is 2. The lowest BCUT2D eigenvalue weighted by molar-refractivity contribution is 0.106. The molecule has 0 aliphatic heterocycles. The topological polar surface area (TPSA) is 63.2 Å². The number of thiazole rings is 1. The quantitative estimate of drug-likeness (QED) is 0.792. The minimum absolute atomic E-state index is 0.0982. The van der Waals surface area contributed by atoms with Crippen molar-refractivity contribution in [3.8, 4) is 0 Å². The van der Waals surface area contributed by atoms with Crippen molar-refractivity contribution in [3.63, 3.8) is 0 Å². The van der Waals surface area contributed by atoms with E-state index in [4.69, 9.17) is 0 Å². The van der Waals surface area contributed by atoms with E-state index in [1.807, 2.05) is 12.3 Å². The summed E-state index contributed by atoms with van der Waals surface area (Å²) in [5.41, 5.74) is 3.13. The zero-order valence-electron chi connectivity index (χ0n) is 9.32. The van der Waals surface area contributed by atoms with Crippen molar-refractivity contribution >= 4 is 17.4 Å². The van der Waals surface area contributed by atoms with E-state index in [0.29, 0.717) is 5.92 Å². The summed E-state index contributed by atoms with van der Waals surface area (Å²) in [4.78, 5) is 20.2. The molecule has 1 heterocycles. The number of hydroxylamine groups is 1. The standard InChI is InChI=1S/C10H15N3O2S/c1-6(11-10(14)13-15-2)8-5-16-9(12-8)7-3-4-7/h5-7H,3-4H2,1-2H3,(H2,11,13,14)/t6-/m0/s1. The monoisotopic (exact) mass is 241 g/mol. The molecular formula is C10H15N3O2S. The van der Waals surface area contributed by atoms with Crippen LogP contribution in [0.4, 0.5) is 4.79 Å². The van der Waals surface area contributed by atoms with Gasteiger partial charge in [0.15, 0.2) is 0 Å². The molecule has 1 fully saturated rings. The number of hydrogen-bond acceptors (Lipinski definition) is 4. The van der Waals surface area contributed by atoms with Gasteiger partial charge in [-0.3, -0.25) is 4.84 Å².